The number of amides is 1. The Kier molecular flexibility index (Phi) is 3.47. The Morgan fingerprint density at radius 3 is 2.95 bits per heavy atom. The molecule has 0 radical (unpaired) electrons. The van der Waals surface area contributed by atoms with Crippen LogP contribution in [0.5, 0.6) is 11.5 Å². The molecule has 0 saturated heterocycles. The monoisotopic (exact) mass is 289 g/mol. The first-order valence-electron chi connectivity index (χ1n) is 6.64. The van der Waals surface area contributed by atoms with Gasteiger partial charge in [0.1, 0.15) is 0 Å². The van der Waals surface area contributed by atoms with Gasteiger partial charge in [0.2, 0.25) is 24.4 Å². The van der Waals surface area contributed by atoms with E-state index in [1.165, 1.54) is 0 Å². The van der Waals surface area contributed by atoms with Crippen molar-refractivity contribution in [2.75, 3.05) is 6.79 Å². The summed E-state index contributed by atoms with van der Waals surface area (Å²) < 4.78 is 15.7. The SMILES string of the molecule is CC(C)C(=O)NCc1nc(-c2ccc3c(c2)OCO3)no1. The van der Waals surface area contributed by atoms with Crippen LogP contribution >= 0.6 is 0 Å². The van der Waals surface area contributed by atoms with Crippen LogP contribution in [0.15, 0.2) is 22.7 Å². The van der Waals surface area contributed by atoms with Gasteiger partial charge in [-0.2, -0.15) is 4.98 Å². The number of nitrogens with zero attached hydrogens (tertiary/aromatic N) is 2. The molecule has 1 aliphatic heterocycles. The Hall–Kier alpha value is -2.57. The molecule has 7 heteroatoms. The van der Waals surface area contributed by atoms with Crippen LogP contribution in [0.25, 0.3) is 11.4 Å². The number of rotatable bonds is 4. The maximum Gasteiger partial charge on any atom is 0.246 e. The zero-order valence-electron chi connectivity index (χ0n) is 11.8. The first-order valence-corrected chi connectivity index (χ1v) is 6.64. The lowest BCUT2D eigenvalue weighted by Crippen LogP contribution is -2.27. The molecule has 0 aliphatic carbocycles. The normalized spacial score (nSPS) is 12.7. The van der Waals surface area contributed by atoms with Crippen LogP contribution in [0.3, 0.4) is 0 Å². The van der Waals surface area contributed by atoms with E-state index in [2.05, 4.69) is 15.5 Å². The quantitative estimate of drug-likeness (QED) is 0.922. The molecule has 0 spiro atoms. The number of fused-ring (bicyclic) bond motifs is 1. The Bertz CT molecular complexity index is 666. The second-order valence-corrected chi connectivity index (χ2v) is 4.95. The lowest BCUT2D eigenvalue weighted by Gasteiger charge is -2.03. The molecule has 7 nitrogen and oxygen atoms in total. The van der Waals surface area contributed by atoms with Gasteiger partial charge in [-0.15, -0.1) is 0 Å². The Labute approximate surface area is 121 Å². The largest absolute Gasteiger partial charge is 0.454 e. The van der Waals surface area contributed by atoms with Gasteiger partial charge in [-0.1, -0.05) is 19.0 Å². The van der Waals surface area contributed by atoms with Crippen LogP contribution in [0.1, 0.15) is 19.7 Å². The molecule has 1 amide bonds. The number of carbonyl (C=O) groups is 1. The lowest BCUT2D eigenvalue weighted by atomic mass is 10.2. The van der Waals surface area contributed by atoms with Crippen molar-refractivity contribution in [2.24, 2.45) is 5.92 Å². The maximum absolute atomic E-state index is 11.5. The molecule has 1 N–H and O–H groups in total. The van der Waals surface area contributed by atoms with E-state index in [9.17, 15) is 4.79 Å². The van der Waals surface area contributed by atoms with Crippen molar-refractivity contribution in [1.82, 2.24) is 15.5 Å². The molecule has 1 aliphatic rings. The summed E-state index contributed by atoms with van der Waals surface area (Å²) in [5, 5.41) is 6.63. The summed E-state index contributed by atoms with van der Waals surface area (Å²) in [4.78, 5) is 15.7. The first-order chi connectivity index (χ1) is 10.1. The minimum absolute atomic E-state index is 0.0576. The summed E-state index contributed by atoms with van der Waals surface area (Å²) in [5.74, 6) is 2.02. The van der Waals surface area contributed by atoms with Crippen LogP contribution < -0.4 is 14.8 Å². The molecule has 0 saturated carbocycles. The predicted octanol–water partition coefficient (Wildman–Crippen LogP) is 1.74. The molecule has 110 valence electrons. The summed E-state index contributed by atoms with van der Waals surface area (Å²) in [6.07, 6.45) is 0. The van der Waals surface area contributed by atoms with Crippen molar-refractivity contribution in [2.45, 2.75) is 20.4 Å². The predicted molar refractivity (Wildman–Crippen MR) is 72.5 cm³/mol. The van der Waals surface area contributed by atoms with E-state index in [-0.39, 0.29) is 25.2 Å². The van der Waals surface area contributed by atoms with Crippen molar-refractivity contribution >= 4 is 5.91 Å². The van der Waals surface area contributed by atoms with Gasteiger partial charge in [-0.25, -0.2) is 0 Å². The molecule has 3 rings (SSSR count). The molecular formula is C14H15N3O4. The number of nitrogens with one attached hydrogen (secondary N) is 1. The van der Waals surface area contributed by atoms with Crippen molar-refractivity contribution < 1.29 is 18.8 Å². The fraction of sp³-hybridized carbons (Fsp3) is 0.357. The molecule has 0 atom stereocenters. The number of hydrogen-bond donors (Lipinski definition) is 1. The van der Waals surface area contributed by atoms with Crippen LogP contribution in [0, 0.1) is 5.92 Å². The van der Waals surface area contributed by atoms with Gasteiger partial charge in [0.15, 0.2) is 11.5 Å². The van der Waals surface area contributed by atoms with Gasteiger partial charge >= 0.3 is 0 Å². The van der Waals surface area contributed by atoms with Gasteiger partial charge in [0.25, 0.3) is 0 Å². The van der Waals surface area contributed by atoms with E-state index < -0.39 is 0 Å². The highest BCUT2D eigenvalue weighted by Gasteiger charge is 2.17. The van der Waals surface area contributed by atoms with Gasteiger partial charge in [-0.05, 0) is 18.2 Å². The van der Waals surface area contributed by atoms with Crippen molar-refractivity contribution in [1.29, 1.82) is 0 Å². The second-order valence-electron chi connectivity index (χ2n) is 4.95. The van der Waals surface area contributed by atoms with E-state index >= 15 is 0 Å². The molecule has 1 aromatic carbocycles. The maximum atomic E-state index is 11.5. The van der Waals surface area contributed by atoms with E-state index in [1.54, 1.807) is 12.1 Å². The zero-order chi connectivity index (χ0) is 14.8. The molecule has 0 unspecified atom stereocenters. The van der Waals surface area contributed by atoms with Crippen LogP contribution in [-0.2, 0) is 11.3 Å². The highest BCUT2D eigenvalue weighted by Crippen LogP contribution is 2.35. The average Bonchev–Trinajstić information content (AvgIpc) is 3.12. The van der Waals surface area contributed by atoms with Crippen LogP contribution in [0.4, 0.5) is 0 Å². The van der Waals surface area contributed by atoms with Crippen LogP contribution in [0.2, 0.25) is 0 Å². The lowest BCUT2D eigenvalue weighted by molar-refractivity contribution is -0.124. The van der Waals surface area contributed by atoms with Crippen molar-refractivity contribution in [3.8, 4) is 22.9 Å². The first kappa shape index (κ1) is 13.4. The average molecular weight is 289 g/mol. The van der Waals surface area contributed by atoms with Crippen molar-refractivity contribution in [3.05, 3.63) is 24.1 Å². The summed E-state index contributed by atoms with van der Waals surface area (Å²) in [7, 11) is 0. The third kappa shape index (κ3) is 2.81. The number of carbonyl (C=O) groups excluding carboxylic acids is 1. The van der Waals surface area contributed by atoms with E-state index in [4.69, 9.17) is 14.0 Å². The fourth-order valence-corrected chi connectivity index (χ4v) is 1.85. The Morgan fingerprint density at radius 1 is 1.33 bits per heavy atom. The minimum Gasteiger partial charge on any atom is -0.454 e. The smallest absolute Gasteiger partial charge is 0.246 e. The fourth-order valence-electron chi connectivity index (χ4n) is 1.85. The van der Waals surface area contributed by atoms with E-state index in [1.807, 2.05) is 19.9 Å². The Balaban J connectivity index is 1.71. The zero-order valence-corrected chi connectivity index (χ0v) is 11.8. The topological polar surface area (TPSA) is 86.5 Å². The minimum atomic E-state index is -0.0822. The van der Waals surface area contributed by atoms with Gasteiger partial charge in [-0.3, -0.25) is 4.79 Å². The molecule has 2 aromatic rings. The van der Waals surface area contributed by atoms with E-state index in [0.717, 1.165) is 5.56 Å². The van der Waals surface area contributed by atoms with Crippen molar-refractivity contribution in [3.63, 3.8) is 0 Å². The highest BCUT2D eigenvalue weighted by molar-refractivity contribution is 5.77. The summed E-state index contributed by atoms with van der Waals surface area (Å²) in [6.45, 7) is 4.08. The Morgan fingerprint density at radius 2 is 2.14 bits per heavy atom. The summed E-state index contributed by atoms with van der Waals surface area (Å²) >= 11 is 0. The number of hydrogen-bond acceptors (Lipinski definition) is 6. The molecule has 1 aromatic heterocycles. The highest BCUT2D eigenvalue weighted by atomic mass is 16.7. The second kappa shape index (κ2) is 5.43. The van der Waals surface area contributed by atoms with Gasteiger partial charge in [0, 0.05) is 11.5 Å². The third-order valence-corrected chi connectivity index (χ3v) is 3.04. The third-order valence-electron chi connectivity index (χ3n) is 3.04. The van der Waals surface area contributed by atoms with Gasteiger partial charge in [0.05, 0.1) is 6.54 Å². The molecule has 21 heavy (non-hydrogen) atoms. The molecule has 0 fully saturated rings. The number of benzene rings is 1. The van der Waals surface area contributed by atoms with Gasteiger partial charge < -0.3 is 19.3 Å². The molecule has 0 bridgehead atoms. The molecular weight excluding hydrogens is 274 g/mol. The summed E-state index contributed by atoms with van der Waals surface area (Å²) in [6, 6.07) is 5.42. The number of aromatic nitrogens is 2. The standard InChI is InChI=1S/C14H15N3O4/c1-8(2)14(18)15-6-12-16-13(17-21-12)9-3-4-10-11(5-9)20-7-19-10/h3-5,8H,6-7H2,1-2H3,(H,15,18). The van der Waals surface area contributed by atoms with Crippen LogP contribution in [-0.4, -0.2) is 22.8 Å². The van der Waals surface area contributed by atoms with E-state index in [0.29, 0.717) is 23.2 Å². The summed E-state index contributed by atoms with van der Waals surface area (Å²) in [5.41, 5.74) is 0.768. The number of ether oxygens (including phenoxy) is 2. The molecule has 2 heterocycles.